The van der Waals surface area contributed by atoms with Crippen molar-refractivity contribution in [3.05, 3.63) is 74.7 Å². The number of hydrogen-bond acceptors (Lipinski definition) is 2. The van der Waals surface area contributed by atoms with Gasteiger partial charge in [0.2, 0.25) is 0 Å². The highest BCUT2D eigenvalue weighted by molar-refractivity contribution is 7.71. The molecule has 106 valence electrons. The second-order valence-electron chi connectivity index (χ2n) is 4.54. The lowest BCUT2D eigenvalue weighted by Gasteiger charge is -2.07. The molecular formula is C15H11Cl2N3S. The molecule has 0 saturated heterocycles. The zero-order chi connectivity index (χ0) is 14.8. The summed E-state index contributed by atoms with van der Waals surface area (Å²) in [7, 11) is 0. The number of nitrogens with zero attached hydrogens (tertiary/aromatic N) is 2. The lowest BCUT2D eigenvalue weighted by atomic mass is 10.1. The highest BCUT2D eigenvalue weighted by Crippen LogP contribution is 2.24. The molecule has 0 aliphatic carbocycles. The molecule has 1 aromatic heterocycles. The number of para-hydroxylation sites is 1. The fourth-order valence-corrected chi connectivity index (χ4v) is 2.70. The van der Waals surface area contributed by atoms with Gasteiger partial charge in [0.15, 0.2) is 4.77 Å². The second-order valence-corrected chi connectivity index (χ2v) is 5.74. The standard InChI is InChI=1S/C15H11Cl2N3S/c16-12-7-6-10(8-13(12)17)9-14-18-19-15(21)20(14)11-4-2-1-3-5-11/h1-8H,9H2,(H,19,21). The van der Waals surface area contributed by atoms with E-state index in [-0.39, 0.29) is 0 Å². The van der Waals surface area contributed by atoms with E-state index in [0.717, 1.165) is 17.1 Å². The Balaban J connectivity index is 2.01. The second kappa shape index (κ2) is 6.02. The van der Waals surface area contributed by atoms with Crippen LogP contribution in [-0.2, 0) is 6.42 Å². The van der Waals surface area contributed by atoms with Gasteiger partial charge in [-0.1, -0.05) is 47.5 Å². The number of rotatable bonds is 3. The molecule has 0 unspecified atom stereocenters. The van der Waals surface area contributed by atoms with Crippen molar-refractivity contribution in [1.29, 1.82) is 0 Å². The number of aromatic amines is 1. The van der Waals surface area contributed by atoms with E-state index in [1.54, 1.807) is 6.07 Å². The summed E-state index contributed by atoms with van der Waals surface area (Å²) in [6, 6.07) is 15.4. The maximum atomic E-state index is 6.05. The molecule has 3 rings (SSSR count). The van der Waals surface area contributed by atoms with Crippen LogP contribution in [0.1, 0.15) is 11.4 Å². The predicted octanol–water partition coefficient (Wildman–Crippen LogP) is 4.83. The summed E-state index contributed by atoms with van der Waals surface area (Å²) in [4.78, 5) is 0. The van der Waals surface area contributed by atoms with Gasteiger partial charge < -0.3 is 0 Å². The van der Waals surface area contributed by atoms with E-state index >= 15 is 0 Å². The topological polar surface area (TPSA) is 33.6 Å². The van der Waals surface area contributed by atoms with Crippen molar-refractivity contribution in [1.82, 2.24) is 14.8 Å². The molecule has 0 aliphatic heterocycles. The third kappa shape index (κ3) is 3.02. The Hall–Kier alpha value is -1.62. The molecule has 0 spiro atoms. The van der Waals surface area contributed by atoms with Crippen molar-refractivity contribution in [2.24, 2.45) is 0 Å². The molecular weight excluding hydrogens is 325 g/mol. The van der Waals surface area contributed by atoms with Crippen LogP contribution >= 0.6 is 35.4 Å². The van der Waals surface area contributed by atoms with Crippen LogP contribution in [0.25, 0.3) is 5.69 Å². The number of H-pyrrole nitrogens is 1. The number of nitrogens with one attached hydrogen (secondary N) is 1. The SMILES string of the molecule is S=c1[nH]nc(Cc2ccc(Cl)c(Cl)c2)n1-c1ccccc1. The highest BCUT2D eigenvalue weighted by Gasteiger charge is 2.10. The van der Waals surface area contributed by atoms with Gasteiger partial charge in [0, 0.05) is 12.1 Å². The van der Waals surface area contributed by atoms with Gasteiger partial charge in [0.25, 0.3) is 0 Å². The Morgan fingerprint density at radius 2 is 1.81 bits per heavy atom. The zero-order valence-corrected chi connectivity index (χ0v) is 13.2. The molecule has 3 aromatic rings. The number of benzene rings is 2. The maximum absolute atomic E-state index is 6.05. The Bertz CT molecular complexity index is 824. The molecule has 21 heavy (non-hydrogen) atoms. The van der Waals surface area contributed by atoms with Gasteiger partial charge >= 0.3 is 0 Å². The van der Waals surface area contributed by atoms with Crippen molar-refractivity contribution in [3.8, 4) is 5.69 Å². The monoisotopic (exact) mass is 335 g/mol. The smallest absolute Gasteiger partial charge is 0.199 e. The molecule has 0 bridgehead atoms. The summed E-state index contributed by atoms with van der Waals surface area (Å²) in [5.74, 6) is 0.824. The molecule has 0 atom stereocenters. The summed E-state index contributed by atoms with van der Waals surface area (Å²) >= 11 is 17.3. The number of hydrogen-bond donors (Lipinski definition) is 1. The molecule has 0 amide bonds. The van der Waals surface area contributed by atoms with Crippen LogP contribution in [0.15, 0.2) is 48.5 Å². The van der Waals surface area contributed by atoms with Gasteiger partial charge in [-0.3, -0.25) is 9.67 Å². The summed E-state index contributed by atoms with van der Waals surface area (Å²) in [6.07, 6.45) is 0.610. The molecule has 0 radical (unpaired) electrons. The van der Waals surface area contributed by atoms with Crippen LogP contribution in [0.2, 0.25) is 10.0 Å². The summed E-state index contributed by atoms with van der Waals surface area (Å²) < 4.78 is 2.48. The van der Waals surface area contributed by atoms with Gasteiger partial charge in [-0.05, 0) is 42.0 Å². The first-order valence-corrected chi connectivity index (χ1v) is 7.47. The molecule has 0 saturated carbocycles. The van der Waals surface area contributed by atoms with E-state index in [1.807, 2.05) is 47.0 Å². The van der Waals surface area contributed by atoms with E-state index in [2.05, 4.69) is 10.2 Å². The van der Waals surface area contributed by atoms with Crippen LogP contribution in [0, 0.1) is 4.77 Å². The van der Waals surface area contributed by atoms with Crippen LogP contribution < -0.4 is 0 Å². The van der Waals surface area contributed by atoms with Crippen molar-refractivity contribution in [2.45, 2.75) is 6.42 Å². The summed E-state index contributed by atoms with van der Waals surface area (Å²) in [6.45, 7) is 0. The third-order valence-electron chi connectivity index (χ3n) is 3.10. The van der Waals surface area contributed by atoms with Crippen molar-refractivity contribution >= 4 is 35.4 Å². The van der Waals surface area contributed by atoms with E-state index < -0.39 is 0 Å². The minimum atomic E-state index is 0.537. The molecule has 2 aromatic carbocycles. The van der Waals surface area contributed by atoms with Gasteiger partial charge in [-0.15, -0.1) is 0 Å². The summed E-state index contributed by atoms with van der Waals surface area (Å²) in [5, 5.41) is 8.23. The number of aromatic nitrogens is 3. The van der Waals surface area contributed by atoms with Gasteiger partial charge in [-0.2, -0.15) is 5.10 Å². The van der Waals surface area contributed by atoms with Crippen LogP contribution in [0.4, 0.5) is 0 Å². The first-order valence-electron chi connectivity index (χ1n) is 6.31. The fourth-order valence-electron chi connectivity index (χ4n) is 2.12. The molecule has 0 aliphatic rings. The van der Waals surface area contributed by atoms with E-state index in [0.29, 0.717) is 21.2 Å². The predicted molar refractivity (Wildman–Crippen MR) is 88.0 cm³/mol. The first-order chi connectivity index (χ1) is 10.1. The molecule has 0 fully saturated rings. The van der Waals surface area contributed by atoms with Crippen LogP contribution in [0.3, 0.4) is 0 Å². The average Bonchev–Trinajstić information content (AvgIpc) is 2.85. The molecule has 1 heterocycles. The summed E-state index contributed by atoms with van der Waals surface area (Å²) in [5.41, 5.74) is 2.00. The Kier molecular flexibility index (Phi) is 4.10. The third-order valence-corrected chi connectivity index (χ3v) is 4.12. The quantitative estimate of drug-likeness (QED) is 0.695. The van der Waals surface area contributed by atoms with Crippen molar-refractivity contribution in [2.75, 3.05) is 0 Å². The Morgan fingerprint density at radius 3 is 2.52 bits per heavy atom. The molecule has 1 N–H and O–H groups in total. The van der Waals surface area contributed by atoms with Crippen LogP contribution in [0.5, 0.6) is 0 Å². The number of halogens is 2. The molecule has 6 heteroatoms. The van der Waals surface area contributed by atoms with E-state index in [4.69, 9.17) is 35.4 Å². The van der Waals surface area contributed by atoms with Crippen molar-refractivity contribution < 1.29 is 0 Å². The Labute approximate surface area is 137 Å². The minimum absolute atomic E-state index is 0.537. The van der Waals surface area contributed by atoms with Crippen molar-refractivity contribution in [3.63, 3.8) is 0 Å². The molecule has 3 nitrogen and oxygen atoms in total. The average molecular weight is 336 g/mol. The minimum Gasteiger partial charge on any atom is -0.272 e. The van der Waals surface area contributed by atoms with Gasteiger partial charge in [-0.25, -0.2) is 0 Å². The largest absolute Gasteiger partial charge is 0.272 e. The first kappa shape index (κ1) is 14.3. The Morgan fingerprint density at radius 1 is 1.05 bits per heavy atom. The lowest BCUT2D eigenvalue weighted by molar-refractivity contribution is 0.902. The zero-order valence-electron chi connectivity index (χ0n) is 10.9. The lowest BCUT2D eigenvalue weighted by Crippen LogP contribution is -2.02. The van der Waals surface area contributed by atoms with Gasteiger partial charge in [0.1, 0.15) is 5.82 Å². The van der Waals surface area contributed by atoms with E-state index in [9.17, 15) is 0 Å². The van der Waals surface area contributed by atoms with Crippen LogP contribution in [-0.4, -0.2) is 14.8 Å². The van der Waals surface area contributed by atoms with E-state index in [1.165, 1.54) is 0 Å². The maximum Gasteiger partial charge on any atom is 0.199 e. The fraction of sp³-hybridized carbons (Fsp3) is 0.0667. The normalized spacial score (nSPS) is 10.8. The van der Waals surface area contributed by atoms with Gasteiger partial charge in [0.05, 0.1) is 10.0 Å². The highest BCUT2D eigenvalue weighted by atomic mass is 35.5.